The van der Waals surface area contributed by atoms with Crippen LogP contribution in [0, 0.1) is 11.7 Å². The van der Waals surface area contributed by atoms with Gasteiger partial charge in [0.15, 0.2) is 0 Å². The Labute approximate surface area is 178 Å². The van der Waals surface area contributed by atoms with E-state index in [9.17, 15) is 9.18 Å². The van der Waals surface area contributed by atoms with Crippen molar-refractivity contribution in [2.45, 2.75) is 70.3 Å². The van der Waals surface area contributed by atoms with Gasteiger partial charge in [0.2, 0.25) is 5.91 Å². The van der Waals surface area contributed by atoms with E-state index in [1.165, 1.54) is 49.4 Å². The van der Waals surface area contributed by atoms with Gasteiger partial charge in [-0.1, -0.05) is 31.4 Å². The quantitative estimate of drug-likeness (QED) is 0.655. The van der Waals surface area contributed by atoms with Crippen LogP contribution in [0.15, 0.2) is 30.5 Å². The summed E-state index contributed by atoms with van der Waals surface area (Å²) in [6.07, 6.45) is 12.2. The third-order valence-corrected chi connectivity index (χ3v) is 6.69. The van der Waals surface area contributed by atoms with Gasteiger partial charge in [0.25, 0.3) is 0 Å². The van der Waals surface area contributed by atoms with Gasteiger partial charge >= 0.3 is 0 Å². The third-order valence-electron chi connectivity index (χ3n) is 6.69. The standard InChI is InChI=1S/C24H33FN4O/c25-21-10-4-5-11-22(21)27-23(30)13-12-18-7-6-14-29(16-18)17-20-15-26-28-24(20)19-8-2-1-3-9-19/h4-5,10-11,15,18-19H,1-3,6-9,12-14,16-17H2,(H,26,28)(H,27,30). The Morgan fingerprint density at radius 2 is 2.00 bits per heavy atom. The highest BCUT2D eigenvalue weighted by Gasteiger charge is 2.24. The van der Waals surface area contributed by atoms with E-state index < -0.39 is 0 Å². The Bertz CT molecular complexity index is 830. The van der Waals surface area contributed by atoms with E-state index >= 15 is 0 Å². The molecular formula is C24H33FN4O. The number of aromatic nitrogens is 2. The van der Waals surface area contributed by atoms with Gasteiger partial charge in [-0.05, 0) is 56.7 Å². The molecule has 1 aliphatic carbocycles. The van der Waals surface area contributed by atoms with Gasteiger partial charge in [-0.15, -0.1) is 0 Å². The van der Waals surface area contributed by atoms with Crippen molar-refractivity contribution in [2.24, 2.45) is 5.92 Å². The van der Waals surface area contributed by atoms with Crippen LogP contribution in [-0.4, -0.2) is 34.1 Å². The molecule has 2 aliphatic rings. The minimum absolute atomic E-state index is 0.105. The third kappa shape index (κ3) is 5.48. The number of nitrogens with zero attached hydrogens (tertiary/aromatic N) is 2. The lowest BCUT2D eigenvalue weighted by molar-refractivity contribution is -0.116. The number of carbonyl (C=O) groups is 1. The number of halogens is 1. The van der Waals surface area contributed by atoms with Gasteiger partial charge in [-0.3, -0.25) is 14.8 Å². The molecule has 0 radical (unpaired) electrons. The van der Waals surface area contributed by atoms with Crippen LogP contribution in [0.1, 0.15) is 75.0 Å². The van der Waals surface area contributed by atoms with Gasteiger partial charge in [0.05, 0.1) is 11.9 Å². The van der Waals surface area contributed by atoms with Gasteiger partial charge < -0.3 is 5.32 Å². The summed E-state index contributed by atoms with van der Waals surface area (Å²) in [6.45, 7) is 3.07. The zero-order valence-corrected chi connectivity index (χ0v) is 17.7. The summed E-state index contributed by atoms with van der Waals surface area (Å²) >= 11 is 0. The smallest absolute Gasteiger partial charge is 0.224 e. The monoisotopic (exact) mass is 412 g/mol. The van der Waals surface area contributed by atoms with Crippen LogP contribution < -0.4 is 5.32 Å². The molecule has 162 valence electrons. The molecule has 1 unspecified atom stereocenters. The van der Waals surface area contributed by atoms with Gasteiger partial charge in [-0.2, -0.15) is 5.10 Å². The van der Waals surface area contributed by atoms with Crippen LogP contribution in [-0.2, 0) is 11.3 Å². The minimum Gasteiger partial charge on any atom is -0.324 e. The van der Waals surface area contributed by atoms with E-state index in [2.05, 4.69) is 20.4 Å². The van der Waals surface area contributed by atoms with E-state index in [0.717, 1.165) is 38.9 Å². The maximum atomic E-state index is 13.7. The number of anilines is 1. The van der Waals surface area contributed by atoms with Crippen LogP contribution in [0.3, 0.4) is 0 Å². The van der Waals surface area contributed by atoms with Gasteiger partial charge in [0, 0.05) is 36.7 Å². The van der Waals surface area contributed by atoms with Crippen LogP contribution >= 0.6 is 0 Å². The first-order chi connectivity index (χ1) is 14.7. The van der Waals surface area contributed by atoms with Crippen molar-refractivity contribution >= 4 is 11.6 Å². The average Bonchev–Trinajstić information content (AvgIpc) is 3.23. The lowest BCUT2D eigenvalue weighted by Crippen LogP contribution is -2.35. The summed E-state index contributed by atoms with van der Waals surface area (Å²) < 4.78 is 13.7. The molecule has 1 atom stereocenters. The molecule has 0 bridgehead atoms. The van der Waals surface area contributed by atoms with Crippen LogP contribution in [0.5, 0.6) is 0 Å². The molecule has 1 aromatic heterocycles. The Morgan fingerprint density at radius 1 is 1.17 bits per heavy atom. The number of nitrogens with one attached hydrogen (secondary N) is 2. The van der Waals surface area contributed by atoms with E-state index in [4.69, 9.17) is 0 Å². The second-order valence-electron chi connectivity index (χ2n) is 8.95. The number of amides is 1. The molecule has 2 aromatic rings. The SMILES string of the molecule is O=C(CCC1CCCN(Cc2cn[nH]c2C2CCCCC2)C1)Nc1ccccc1F. The van der Waals surface area contributed by atoms with Gasteiger partial charge in [0.1, 0.15) is 5.82 Å². The molecule has 2 heterocycles. The molecule has 2 fully saturated rings. The van der Waals surface area contributed by atoms with Crippen molar-refractivity contribution in [1.82, 2.24) is 15.1 Å². The summed E-state index contributed by atoms with van der Waals surface area (Å²) in [6, 6.07) is 6.33. The molecule has 1 saturated carbocycles. The van der Waals surface area contributed by atoms with Gasteiger partial charge in [-0.25, -0.2) is 4.39 Å². The first-order valence-electron chi connectivity index (χ1n) is 11.5. The van der Waals surface area contributed by atoms with Crippen LogP contribution in [0.25, 0.3) is 0 Å². The molecule has 4 rings (SSSR count). The van der Waals surface area contributed by atoms with Crippen LogP contribution in [0.2, 0.25) is 0 Å². The number of hydrogen-bond donors (Lipinski definition) is 2. The largest absolute Gasteiger partial charge is 0.324 e. The van der Waals surface area contributed by atoms with Crippen molar-refractivity contribution < 1.29 is 9.18 Å². The molecule has 2 N–H and O–H groups in total. The maximum Gasteiger partial charge on any atom is 0.224 e. The zero-order chi connectivity index (χ0) is 20.8. The summed E-state index contributed by atoms with van der Waals surface area (Å²) in [7, 11) is 0. The minimum atomic E-state index is -0.386. The highest BCUT2D eigenvalue weighted by Crippen LogP contribution is 2.34. The Kier molecular flexibility index (Phi) is 7.16. The van der Waals surface area contributed by atoms with Crippen LogP contribution in [0.4, 0.5) is 10.1 Å². The second-order valence-corrected chi connectivity index (χ2v) is 8.95. The number of piperidine rings is 1. The number of likely N-dealkylation sites (tertiary alicyclic amines) is 1. The molecule has 1 saturated heterocycles. The van der Waals surface area contributed by atoms with E-state index in [0.29, 0.717) is 18.3 Å². The fourth-order valence-electron chi connectivity index (χ4n) is 5.07. The molecule has 30 heavy (non-hydrogen) atoms. The summed E-state index contributed by atoms with van der Waals surface area (Å²) in [5, 5.41) is 10.3. The topological polar surface area (TPSA) is 61.0 Å². The normalized spacial score (nSPS) is 20.9. The predicted octanol–water partition coefficient (Wildman–Crippen LogP) is 5.23. The fraction of sp³-hybridized carbons (Fsp3) is 0.583. The van der Waals surface area contributed by atoms with Crippen molar-refractivity contribution in [1.29, 1.82) is 0 Å². The summed E-state index contributed by atoms with van der Waals surface area (Å²) in [4.78, 5) is 14.8. The number of hydrogen-bond acceptors (Lipinski definition) is 3. The number of rotatable bonds is 7. The first kappa shape index (κ1) is 21.0. The molecule has 6 heteroatoms. The average molecular weight is 413 g/mol. The molecule has 5 nitrogen and oxygen atoms in total. The molecule has 1 aliphatic heterocycles. The lowest BCUT2D eigenvalue weighted by Gasteiger charge is -2.33. The first-order valence-corrected chi connectivity index (χ1v) is 11.5. The highest BCUT2D eigenvalue weighted by molar-refractivity contribution is 5.90. The fourth-order valence-corrected chi connectivity index (χ4v) is 5.07. The second kappa shape index (κ2) is 10.2. The summed E-state index contributed by atoms with van der Waals surface area (Å²) in [5.74, 6) is 0.657. The van der Waals surface area contributed by atoms with Crippen molar-refractivity contribution in [2.75, 3.05) is 18.4 Å². The molecule has 0 spiro atoms. The van der Waals surface area contributed by atoms with Crippen molar-refractivity contribution in [3.8, 4) is 0 Å². The van der Waals surface area contributed by atoms with Crippen molar-refractivity contribution in [3.63, 3.8) is 0 Å². The molecule has 1 amide bonds. The highest BCUT2D eigenvalue weighted by atomic mass is 19.1. The number of aromatic amines is 1. The Balaban J connectivity index is 1.26. The van der Waals surface area contributed by atoms with E-state index in [-0.39, 0.29) is 17.4 Å². The lowest BCUT2D eigenvalue weighted by atomic mass is 9.85. The Morgan fingerprint density at radius 3 is 2.83 bits per heavy atom. The number of H-pyrrole nitrogens is 1. The number of para-hydroxylation sites is 1. The zero-order valence-electron chi connectivity index (χ0n) is 17.7. The molecular weight excluding hydrogens is 379 g/mol. The number of benzene rings is 1. The molecule has 1 aromatic carbocycles. The van der Waals surface area contributed by atoms with E-state index in [1.807, 2.05) is 6.20 Å². The predicted molar refractivity (Wildman–Crippen MR) is 117 cm³/mol. The Hall–Kier alpha value is -2.21. The maximum absolute atomic E-state index is 13.7. The van der Waals surface area contributed by atoms with E-state index in [1.54, 1.807) is 18.2 Å². The summed E-state index contributed by atoms with van der Waals surface area (Å²) in [5.41, 5.74) is 2.96. The van der Waals surface area contributed by atoms with Crippen molar-refractivity contribution in [3.05, 3.63) is 47.5 Å². The number of carbonyl (C=O) groups excluding carboxylic acids is 1.